The lowest BCUT2D eigenvalue weighted by Gasteiger charge is -2.27. The number of nitrogens with one attached hydrogen (secondary N) is 1. The molecule has 4 rings (SSSR count). The van der Waals surface area contributed by atoms with E-state index in [0.29, 0.717) is 5.82 Å². The Morgan fingerprint density at radius 3 is 2.57 bits per heavy atom. The summed E-state index contributed by atoms with van der Waals surface area (Å²) >= 11 is 0. The van der Waals surface area contributed by atoms with E-state index >= 15 is 0 Å². The van der Waals surface area contributed by atoms with Crippen LogP contribution in [0.15, 0.2) is 60.8 Å². The zero-order valence-corrected chi connectivity index (χ0v) is 15.4. The number of amides is 1. The van der Waals surface area contributed by atoms with E-state index in [9.17, 15) is 4.79 Å². The number of carbonyl (C=O) groups is 1. The first-order chi connectivity index (χ1) is 13.7. The van der Waals surface area contributed by atoms with Gasteiger partial charge < -0.3 is 4.90 Å². The van der Waals surface area contributed by atoms with E-state index in [0.717, 1.165) is 16.8 Å². The van der Waals surface area contributed by atoms with Crippen molar-refractivity contribution in [3.8, 4) is 5.69 Å². The summed E-state index contributed by atoms with van der Waals surface area (Å²) in [5.74, 6) is 0.238. The number of aryl methyl sites for hydroxylation is 1. The lowest BCUT2D eigenvalue weighted by Crippen LogP contribution is -2.34. The second kappa shape index (κ2) is 7.39. The predicted octanol–water partition coefficient (Wildman–Crippen LogP) is 1.95. The minimum absolute atomic E-state index is 0.221. The van der Waals surface area contributed by atoms with Gasteiger partial charge in [-0.3, -0.25) is 4.79 Å². The Hall–Kier alpha value is -3.88. The van der Waals surface area contributed by atoms with Crippen molar-refractivity contribution in [2.45, 2.75) is 13.0 Å². The highest BCUT2D eigenvalue weighted by molar-refractivity contribution is 5.92. The summed E-state index contributed by atoms with van der Waals surface area (Å²) in [6.45, 7) is 1.99. The third-order valence-electron chi connectivity index (χ3n) is 4.54. The highest BCUT2D eigenvalue weighted by Crippen LogP contribution is 2.28. The second-order valence-corrected chi connectivity index (χ2v) is 6.32. The Labute approximate surface area is 161 Å². The standard InChI is InChI=1S/C19H18N8O/c1-13-8-6-7-11-16(13)27-18(22-24-25-27)17(14-9-4-3-5-10-14)26(2)19(28)15-12-20-23-21-15/h3-12,17H,1-2H3,(H,20,21,23)/t17-/m1/s1. The number of H-pyrrole nitrogens is 1. The summed E-state index contributed by atoms with van der Waals surface area (Å²) in [5, 5.41) is 22.4. The predicted molar refractivity (Wildman–Crippen MR) is 101 cm³/mol. The normalized spacial score (nSPS) is 11.9. The molecule has 0 fully saturated rings. The van der Waals surface area contributed by atoms with Gasteiger partial charge in [0.1, 0.15) is 6.04 Å². The van der Waals surface area contributed by atoms with Crippen LogP contribution in [0.3, 0.4) is 0 Å². The van der Waals surface area contributed by atoms with Crippen LogP contribution in [0.5, 0.6) is 0 Å². The number of benzene rings is 2. The van der Waals surface area contributed by atoms with Crippen molar-refractivity contribution in [1.29, 1.82) is 0 Å². The van der Waals surface area contributed by atoms with Crippen molar-refractivity contribution < 1.29 is 4.79 Å². The van der Waals surface area contributed by atoms with Gasteiger partial charge in [-0.1, -0.05) is 48.5 Å². The van der Waals surface area contributed by atoms with E-state index in [1.807, 2.05) is 61.5 Å². The Morgan fingerprint density at radius 2 is 1.86 bits per heavy atom. The van der Waals surface area contributed by atoms with Gasteiger partial charge in [0.2, 0.25) is 0 Å². The van der Waals surface area contributed by atoms with Gasteiger partial charge in [0.25, 0.3) is 5.91 Å². The van der Waals surface area contributed by atoms with Crippen LogP contribution in [0.25, 0.3) is 5.69 Å². The first-order valence-electron chi connectivity index (χ1n) is 8.69. The van der Waals surface area contributed by atoms with Crippen molar-refractivity contribution in [3.05, 3.63) is 83.4 Å². The summed E-state index contributed by atoms with van der Waals surface area (Å²) in [7, 11) is 1.70. The lowest BCUT2D eigenvalue weighted by atomic mass is 10.0. The van der Waals surface area contributed by atoms with Gasteiger partial charge in [0, 0.05) is 7.05 Å². The summed E-state index contributed by atoms with van der Waals surface area (Å²) in [5.41, 5.74) is 2.98. The van der Waals surface area contributed by atoms with Gasteiger partial charge in [-0.05, 0) is 34.5 Å². The molecule has 0 unspecified atom stereocenters. The molecule has 1 atom stereocenters. The molecule has 0 saturated heterocycles. The number of hydrogen-bond donors (Lipinski definition) is 1. The van der Waals surface area contributed by atoms with E-state index in [2.05, 4.69) is 30.9 Å². The minimum atomic E-state index is -0.514. The smallest absolute Gasteiger partial charge is 0.276 e. The van der Waals surface area contributed by atoms with Gasteiger partial charge in [0.05, 0.1) is 11.9 Å². The minimum Gasteiger partial charge on any atom is -0.326 e. The number of nitrogens with zero attached hydrogens (tertiary/aromatic N) is 7. The van der Waals surface area contributed by atoms with E-state index in [1.54, 1.807) is 16.6 Å². The quantitative estimate of drug-likeness (QED) is 0.572. The molecule has 0 bridgehead atoms. The number of aromatic amines is 1. The SMILES string of the molecule is Cc1ccccc1-n1nnnc1[C@@H](c1ccccc1)N(C)C(=O)c1cn[nH]n1. The first kappa shape index (κ1) is 17.5. The molecule has 0 saturated carbocycles. The molecular formula is C19H18N8O. The highest BCUT2D eigenvalue weighted by Gasteiger charge is 2.30. The first-order valence-corrected chi connectivity index (χ1v) is 8.69. The van der Waals surface area contributed by atoms with Crippen LogP contribution in [-0.2, 0) is 0 Å². The fourth-order valence-electron chi connectivity index (χ4n) is 3.12. The summed E-state index contributed by atoms with van der Waals surface area (Å²) in [6.07, 6.45) is 1.39. The molecule has 1 N–H and O–H groups in total. The number of rotatable bonds is 5. The molecule has 2 aromatic heterocycles. The van der Waals surface area contributed by atoms with Gasteiger partial charge in [-0.2, -0.15) is 20.1 Å². The fourth-order valence-corrected chi connectivity index (χ4v) is 3.12. The van der Waals surface area contributed by atoms with Gasteiger partial charge in [0.15, 0.2) is 11.5 Å². The van der Waals surface area contributed by atoms with Gasteiger partial charge in [-0.15, -0.1) is 5.10 Å². The monoisotopic (exact) mass is 374 g/mol. The fraction of sp³-hybridized carbons (Fsp3) is 0.158. The van der Waals surface area contributed by atoms with Gasteiger partial charge in [-0.25, -0.2) is 0 Å². The van der Waals surface area contributed by atoms with E-state index < -0.39 is 6.04 Å². The maximum Gasteiger partial charge on any atom is 0.276 e. The van der Waals surface area contributed by atoms with Crippen LogP contribution in [0.1, 0.15) is 33.5 Å². The third kappa shape index (κ3) is 3.13. The number of hydrogen-bond acceptors (Lipinski definition) is 6. The Balaban J connectivity index is 1.83. The zero-order valence-electron chi connectivity index (χ0n) is 15.4. The Bertz CT molecular complexity index is 1070. The number of tetrazole rings is 1. The average Bonchev–Trinajstić information content (AvgIpc) is 3.41. The van der Waals surface area contributed by atoms with Gasteiger partial charge >= 0.3 is 0 Å². The van der Waals surface area contributed by atoms with Crippen LogP contribution in [0.2, 0.25) is 0 Å². The van der Waals surface area contributed by atoms with Crippen LogP contribution in [0, 0.1) is 6.92 Å². The molecule has 2 heterocycles. The zero-order chi connectivity index (χ0) is 19.5. The van der Waals surface area contributed by atoms with E-state index in [1.165, 1.54) is 6.20 Å². The van der Waals surface area contributed by atoms with Crippen molar-refractivity contribution in [3.63, 3.8) is 0 Å². The number of para-hydroxylation sites is 1. The average molecular weight is 374 g/mol. The highest BCUT2D eigenvalue weighted by atomic mass is 16.2. The molecule has 2 aromatic carbocycles. The summed E-state index contributed by atoms with van der Waals surface area (Å²) in [6, 6.07) is 16.9. The lowest BCUT2D eigenvalue weighted by molar-refractivity contribution is 0.0742. The molecule has 140 valence electrons. The molecule has 9 nitrogen and oxygen atoms in total. The van der Waals surface area contributed by atoms with Crippen molar-refractivity contribution in [2.24, 2.45) is 0 Å². The number of aromatic nitrogens is 7. The summed E-state index contributed by atoms with van der Waals surface area (Å²) < 4.78 is 1.67. The van der Waals surface area contributed by atoms with E-state index in [4.69, 9.17) is 0 Å². The molecule has 0 aliphatic rings. The van der Waals surface area contributed by atoms with Crippen molar-refractivity contribution in [1.82, 2.24) is 40.5 Å². The second-order valence-electron chi connectivity index (χ2n) is 6.32. The van der Waals surface area contributed by atoms with Crippen LogP contribution in [0.4, 0.5) is 0 Å². The van der Waals surface area contributed by atoms with Crippen LogP contribution in [-0.4, -0.2) is 53.5 Å². The Kier molecular flexibility index (Phi) is 4.63. The molecule has 0 radical (unpaired) electrons. The third-order valence-corrected chi connectivity index (χ3v) is 4.54. The van der Waals surface area contributed by atoms with E-state index in [-0.39, 0.29) is 11.6 Å². The summed E-state index contributed by atoms with van der Waals surface area (Å²) in [4.78, 5) is 14.5. The molecule has 0 aliphatic heterocycles. The topological polar surface area (TPSA) is 105 Å². The maximum absolute atomic E-state index is 13.0. The maximum atomic E-state index is 13.0. The molecule has 0 spiro atoms. The van der Waals surface area contributed by atoms with Crippen molar-refractivity contribution >= 4 is 5.91 Å². The van der Waals surface area contributed by atoms with Crippen molar-refractivity contribution in [2.75, 3.05) is 7.05 Å². The number of carbonyl (C=O) groups excluding carboxylic acids is 1. The molecule has 4 aromatic rings. The largest absolute Gasteiger partial charge is 0.326 e. The Morgan fingerprint density at radius 1 is 1.11 bits per heavy atom. The van der Waals surface area contributed by atoms with Crippen LogP contribution >= 0.6 is 0 Å². The molecule has 9 heteroatoms. The van der Waals surface area contributed by atoms with Crippen LogP contribution < -0.4 is 0 Å². The molecule has 28 heavy (non-hydrogen) atoms. The molecule has 1 amide bonds. The molecule has 0 aliphatic carbocycles. The molecular weight excluding hydrogens is 356 g/mol.